The summed E-state index contributed by atoms with van der Waals surface area (Å²) in [6.07, 6.45) is 0. The van der Waals surface area contributed by atoms with Gasteiger partial charge in [-0.25, -0.2) is 0 Å². The Kier molecular flexibility index (Phi) is 5.10. The van der Waals surface area contributed by atoms with E-state index in [0.29, 0.717) is 5.56 Å². The number of amides is 1. The predicted octanol–water partition coefficient (Wildman–Crippen LogP) is 2.25. The van der Waals surface area contributed by atoms with E-state index in [1.165, 1.54) is 0 Å². The van der Waals surface area contributed by atoms with Crippen LogP contribution in [0.15, 0.2) is 30.3 Å². The summed E-state index contributed by atoms with van der Waals surface area (Å²) in [5.41, 5.74) is 0.249. The van der Waals surface area contributed by atoms with Crippen LogP contribution in [0.1, 0.15) is 39.2 Å². The van der Waals surface area contributed by atoms with Crippen molar-refractivity contribution in [3.63, 3.8) is 0 Å². The Bertz CT molecular complexity index is 434. The standard InChI is InChI=1S/C15H21NO3/c1-5-19-14(18)12(11-9-7-6-8-10-11)13(17)16-15(2,3)4/h6-10,12H,5H2,1-4H3,(H,16,17). The highest BCUT2D eigenvalue weighted by Gasteiger charge is 2.31. The number of rotatable bonds is 4. The molecule has 0 heterocycles. The smallest absolute Gasteiger partial charge is 0.323 e. The molecular formula is C15H21NO3. The van der Waals surface area contributed by atoms with E-state index in [1.807, 2.05) is 26.8 Å². The Morgan fingerprint density at radius 2 is 1.79 bits per heavy atom. The maximum atomic E-state index is 12.3. The largest absolute Gasteiger partial charge is 0.465 e. The molecule has 0 radical (unpaired) electrons. The van der Waals surface area contributed by atoms with Gasteiger partial charge in [0.1, 0.15) is 0 Å². The Morgan fingerprint density at radius 3 is 2.26 bits per heavy atom. The molecule has 1 rings (SSSR count). The summed E-state index contributed by atoms with van der Waals surface area (Å²) >= 11 is 0. The summed E-state index contributed by atoms with van der Waals surface area (Å²) in [5, 5.41) is 2.82. The van der Waals surface area contributed by atoms with E-state index in [4.69, 9.17) is 4.74 Å². The van der Waals surface area contributed by atoms with E-state index in [-0.39, 0.29) is 12.5 Å². The van der Waals surface area contributed by atoms with Crippen molar-refractivity contribution in [3.8, 4) is 0 Å². The molecule has 0 bridgehead atoms. The number of hydrogen-bond acceptors (Lipinski definition) is 3. The van der Waals surface area contributed by atoms with Gasteiger partial charge in [0.05, 0.1) is 6.61 Å². The number of ether oxygens (including phenoxy) is 1. The third kappa shape index (κ3) is 4.73. The van der Waals surface area contributed by atoms with E-state index in [1.54, 1.807) is 31.2 Å². The van der Waals surface area contributed by atoms with Crippen LogP contribution in [-0.2, 0) is 14.3 Å². The quantitative estimate of drug-likeness (QED) is 0.669. The molecule has 0 aromatic heterocycles. The Balaban J connectivity index is 3.00. The average molecular weight is 263 g/mol. The van der Waals surface area contributed by atoms with Gasteiger partial charge in [-0.2, -0.15) is 0 Å². The summed E-state index contributed by atoms with van der Waals surface area (Å²) < 4.78 is 4.99. The Morgan fingerprint density at radius 1 is 1.21 bits per heavy atom. The fourth-order valence-corrected chi connectivity index (χ4v) is 1.71. The van der Waals surface area contributed by atoms with Crippen LogP contribution in [0.2, 0.25) is 0 Å². The maximum Gasteiger partial charge on any atom is 0.323 e. The highest BCUT2D eigenvalue weighted by Crippen LogP contribution is 2.19. The molecular weight excluding hydrogens is 242 g/mol. The maximum absolute atomic E-state index is 12.3. The summed E-state index contributed by atoms with van der Waals surface area (Å²) in [6, 6.07) is 8.94. The lowest BCUT2D eigenvalue weighted by Gasteiger charge is -2.24. The minimum atomic E-state index is -0.916. The highest BCUT2D eigenvalue weighted by molar-refractivity contribution is 6.03. The molecule has 1 aromatic carbocycles. The molecule has 0 aliphatic heterocycles. The monoisotopic (exact) mass is 263 g/mol. The lowest BCUT2D eigenvalue weighted by atomic mass is 9.96. The molecule has 1 amide bonds. The second-order valence-electron chi connectivity index (χ2n) is 5.33. The number of benzene rings is 1. The van der Waals surface area contributed by atoms with E-state index in [2.05, 4.69) is 5.32 Å². The van der Waals surface area contributed by atoms with Crippen molar-refractivity contribution >= 4 is 11.9 Å². The summed E-state index contributed by atoms with van der Waals surface area (Å²) in [6.45, 7) is 7.60. The number of nitrogens with one attached hydrogen (secondary N) is 1. The van der Waals surface area contributed by atoms with Gasteiger partial charge in [-0.15, -0.1) is 0 Å². The molecule has 4 heteroatoms. The number of esters is 1. The lowest BCUT2D eigenvalue weighted by molar-refractivity contribution is -0.148. The molecule has 1 atom stereocenters. The van der Waals surface area contributed by atoms with Crippen LogP contribution in [0.25, 0.3) is 0 Å². The topological polar surface area (TPSA) is 55.4 Å². The van der Waals surface area contributed by atoms with E-state index in [9.17, 15) is 9.59 Å². The molecule has 104 valence electrons. The average Bonchev–Trinajstić information content (AvgIpc) is 2.28. The van der Waals surface area contributed by atoms with Crippen molar-refractivity contribution in [2.24, 2.45) is 0 Å². The lowest BCUT2D eigenvalue weighted by Crippen LogP contribution is -2.45. The molecule has 0 aliphatic rings. The van der Waals surface area contributed by atoms with Gasteiger partial charge in [-0.3, -0.25) is 9.59 Å². The minimum Gasteiger partial charge on any atom is -0.465 e. The summed E-state index contributed by atoms with van der Waals surface area (Å²) in [5.74, 6) is -1.77. The number of hydrogen-bond donors (Lipinski definition) is 1. The third-order valence-corrected chi connectivity index (χ3v) is 2.42. The SMILES string of the molecule is CCOC(=O)C(C(=O)NC(C)(C)C)c1ccccc1. The molecule has 1 unspecified atom stereocenters. The Labute approximate surface area is 114 Å². The van der Waals surface area contributed by atoms with Gasteiger partial charge in [0.25, 0.3) is 0 Å². The van der Waals surface area contributed by atoms with Crippen LogP contribution in [0.3, 0.4) is 0 Å². The molecule has 0 fully saturated rings. The zero-order valence-electron chi connectivity index (χ0n) is 11.9. The van der Waals surface area contributed by atoms with Crippen LogP contribution in [0, 0.1) is 0 Å². The normalized spacial score (nSPS) is 12.6. The summed E-state index contributed by atoms with van der Waals surface area (Å²) in [7, 11) is 0. The van der Waals surface area contributed by atoms with Crippen LogP contribution >= 0.6 is 0 Å². The van der Waals surface area contributed by atoms with Crippen LogP contribution in [0.5, 0.6) is 0 Å². The van der Waals surface area contributed by atoms with Gasteiger partial charge in [-0.1, -0.05) is 30.3 Å². The van der Waals surface area contributed by atoms with Gasteiger partial charge in [0.2, 0.25) is 5.91 Å². The van der Waals surface area contributed by atoms with Crippen molar-refractivity contribution in [2.45, 2.75) is 39.2 Å². The van der Waals surface area contributed by atoms with Crippen molar-refractivity contribution in [1.82, 2.24) is 5.32 Å². The van der Waals surface area contributed by atoms with E-state index in [0.717, 1.165) is 0 Å². The van der Waals surface area contributed by atoms with Crippen molar-refractivity contribution in [3.05, 3.63) is 35.9 Å². The Hall–Kier alpha value is -1.84. The van der Waals surface area contributed by atoms with Crippen LogP contribution in [0.4, 0.5) is 0 Å². The molecule has 4 nitrogen and oxygen atoms in total. The molecule has 0 saturated carbocycles. The first-order chi connectivity index (χ1) is 8.85. The molecule has 1 N–H and O–H groups in total. The van der Waals surface area contributed by atoms with Crippen molar-refractivity contribution in [1.29, 1.82) is 0 Å². The van der Waals surface area contributed by atoms with E-state index < -0.39 is 17.4 Å². The molecule has 19 heavy (non-hydrogen) atoms. The molecule has 0 saturated heterocycles. The highest BCUT2D eigenvalue weighted by atomic mass is 16.5. The number of carbonyl (C=O) groups is 2. The zero-order valence-corrected chi connectivity index (χ0v) is 11.9. The first-order valence-corrected chi connectivity index (χ1v) is 6.38. The fourth-order valence-electron chi connectivity index (χ4n) is 1.71. The van der Waals surface area contributed by atoms with Gasteiger partial charge in [0, 0.05) is 5.54 Å². The fraction of sp³-hybridized carbons (Fsp3) is 0.467. The minimum absolute atomic E-state index is 0.255. The van der Waals surface area contributed by atoms with Gasteiger partial charge >= 0.3 is 5.97 Å². The first-order valence-electron chi connectivity index (χ1n) is 6.38. The first kappa shape index (κ1) is 15.2. The van der Waals surface area contributed by atoms with Gasteiger partial charge < -0.3 is 10.1 Å². The second kappa shape index (κ2) is 6.36. The van der Waals surface area contributed by atoms with Gasteiger partial charge in [0.15, 0.2) is 5.92 Å². The van der Waals surface area contributed by atoms with Gasteiger partial charge in [-0.05, 0) is 33.3 Å². The predicted molar refractivity (Wildman–Crippen MR) is 73.7 cm³/mol. The van der Waals surface area contributed by atoms with E-state index >= 15 is 0 Å². The zero-order chi connectivity index (χ0) is 14.5. The van der Waals surface area contributed by atoms with Crippen molar-refractivity contribution in [2.75, 3.05) is 6.61 Å². The molecule has 0 spiro atoms. The second-order valence-corrected chi connectivity index (χ2v) is 5.33. The van der Waals surface area contributed by atoms with Crippen LogP contribution in [-0.4, -0.2) is 24.0 Å². The molecule has 1 aromatic rings. The van der Waals surface area contributed by atoms with Crippen LogP contribution < -0.4 is 5.32 Å². The third-order valence-electron chi connectivity index (χ3n) is 2.42. The number of carbonyl (C=O) groups excluding carboxylic acids is 2. The molecule has 0 aliphatic carbocycles. The summed E-state index contributed by atoms with van der Waals surface area (Å²) in [4.78, 5) is 24.3. The van der Waals surface area contributed by atoms with Crippen molar-refractivity contribution < 1.29 is 14.3 Å².